The molecule has 0 saturated carbocycles. The number of amides is 1. The average Bonchev–Trinajstić information content (AvgIpc) is 3.13. The highest BCUT2D eigenvalue weighted by molar-refractivity contribution is 5.77. The highest BCUT2D eigenvalue weighted by Crippen LogP contribution is 2.31. The summed E-state index contributed by atoms with van der Waals surface area (Å²) < 4.78 is 3.50. The lowest BCUT2D eigenvalue weighted by Gasteiger charge is -2.24. The Labute approximate surface area is 157 Å². The van der Waals surface area contributed by atoms with Gasteiger partial charge in [0.25, 0.3) is 5.56 Å². The van der Waals surface area contributed by atoms with Crippen molar-refractivity contribution in [3.8, 4) is 11.1 Å². The summed E-state index contributed by atoms with van der Waals surface area (Å²) >= 11 is 0. The third-order valence-corrected chi connectivity index (χ3v) is 5.10. The molecule has 27 heavy (non-hydrogen) atoms. The topological polar surface area (TPSA) is 68.9 Å². The van der Waals surface area contributed by atoms with E-state index < -0.39 is 0 Å². The number of carbonyl (C=O) groups excluding carboxylic acids is 1. The molecule has 1 aliphatic heterocycles. The predicted molar refractivity (Wildman–Crippen MR) is 103 cm³/mol. The van der Waals surface area contributed by atoms with Gasteiger partial charge in [-0.15, -0.1) is 0 Å². The van der Waals surface area contributed by atoms with E-state index >= 15 is 0 Å². The molecule has 1 atom stereocenters. The van der Waals surface area contributed by atoms with Gasteiger partial charge in [-0.2, -0.15) is 5.10 Å². The molecular weight excluding hydrogens is 340 g/mol. The Morgan fingerprint density at radius 2 is 2.00 bits per heavy atom. The van der Waals surface area contributed by atoms with Crippen LogP contribution < -0.4 is 10.9 Å². The van der Waals surface area contributed by atoms with Crippen molar-refractivity contribution >= 4 is 5.91 Å². The Hall–Kier alpha value is -3.15. The molecule has 1 aromatic carbocycles. The standard InChI is InChI=1S/C21H22N4O2/c1-24-14-19(18(9-21(24)27)16-7-8-20(26)22-10-16)17-11-23-25(13-17)12-15-5-3-2-4-6-15/h2-6,9,11,13-14,16H,7-8,10,12H2,1H3,(H,22,26). The molecule has 1 N–H and O–H groups in total. The number of hydrogen-bond donors (Lipinski definition) is 1. The second kappa shape index (κ2) is 7.23. The molecule has 0 bridgehead atoms. The van der Waals surface area contributed by atoms with Gasteiger partial charge in [0, 0.05) is 55.5 Å². The summed E-state index contributed by atoms with van der Waals surface area (Å²) in [4.78, 5) is 23.7. The van der Waals surface area contributed by atoms with Crippen LogP contribution in [-0.2, 0) is 18.4 Å². The number of benzene rings is 1. The Kier molecular flexibility index (Phi) is 4.62. The van der Waals surface area contributed by atoms with E-state index in [2.05, 4.69) is 22.5 Å². The van der Waals surface area contributed by atoms with Gasteiger partial charge in [-0.05, 0) is 17.5 Å². The SMILES string of the molecule is Cn1cc(-c2cnn(Cc3ccccc3)c2)c(C2CCC(=O)NC2)cc1=O. The first-order chi connectivity index (χ1) is 13.1. The minimum absolute atomic E-state index is 0.0395. The molecule has 1 aliphatic rings. The number of rotatable bonds is 4. The van der Waals surface area contributed by atoms with Crippen molar-refractivity contribution in [1.82, 2.24) is 19.7 Å². The smallest absolute Gasteiger partial charge is 0.250 e. The molecule has 3 aromatic rings. The summed E-state index contributed by atoms with van der Waals surface area (Å²) in [5.41, 5.74) is 4.11. The summed E-state index contributed by atoms with van der Waals surface area (Å²) in [5.74, 6) is 0.219. The Morgan fingerprint density at radius 3 is 2.74 bits per heavy atom. The van der Waals surface area contributed by atoms with Gasteiger partial charge in [0.2, 0.25) is 5.91 Å². The Balaban J connectivity index is 1.68. The first-order valence-electron chi connectivity index (χ1n) is 9.14. The maximum Gasteiger partial charge on any atom is 0.250 e. The van der Waals surface area contributed by atoms with E-state index in [9.17, 15) is 9.59 Å². The van der Waals surface area contributed by atoms with Crippen LogP contribution in [0.5, 0.6) is 0 Å². The van der Waals surface area contributed by atoms with Crippen LogP contribution in [0.15, 0.2) is 59.8 Å². The van der Waals surface area contributed by atoms with Gasteiger partial charge in [-0.1, -0.05) is 30.3 Å². The molecular formula is C21H22N4O2. The molecule has 0 aliphatic carbocycles. The molecule has 4 rings (SSSR count). The minimum Gasteiger partial charge on any atom is -0.355 e. The molecule has 2 aromatic heterocycles. The maximum atomic E-state index is 12.2. The number of nitrogens with one attached hydrogen (secondary N) is 1. The largest absolute Gasteiger partial charge is 0.355 e. The first-order valence-corrected chi connectivity index (χ1v) is 9.14. The number of hydrogen-bond acceptors (Lipinski definition) is 3. The number of aryl methyl sites for hydroxylation is 1. The fourth-order valence-electron chi connectivity index (χ4n) is 3.58. The van der Waals surface area contributed by atoms with E-state index in [4.69, 9.17) is 0 Å². The number of piperidine rings is 1. The molecule has 1 fully saturated rings. The second-order valence-electron chi connectivity index (χ2n) is 7.04. The van der Waals surface area contributed by atoms with Gasteiger partial charge in [-0.3, -0.25) is 14.3 Å². The minimum atomic E-state index is -0.0395. The van der Waals surface area contributed by atoms with E-state index in [1.165, 1.54) is 5.56 Å². The van der Waals surface area contributed by atoms with Crippen LogP contribution in [0.3, 0.4) is 0 Å². The van der Waals surface area contributed by atoms with E-state index in [0.29, 0.717) is 19.5 Å². The first kappa shape index (κ1) is 17.3. The second-order valence-corrected chi connectivity index (χ2v) is 7.04. The monoisotopic (exact) mass is 362 g/mol. The number of aromatic nitrogens is 3. The summed E-state index contributed by atoms with van der Waals surface area (Å²) in [6, 6.07) is 11.9. The number of nitrogens with zero attached hydrogens (tertiary/aromatic N) is 3. The average molecular weight is 362 g/mol. The molecule has 1 unspecified atom stereocenters. The molecule has 1 amide bonds. The third kappa shape index (κ3) is 3.69. The van der Waals surface area contributed by atoms with Crippen LogP contribution in [0.4, 0.5) is 0 Å². The molecule has 0 radical (unpaired) electrons. The lowest BCUT2D eigenvalue weighted by atomic mass is 9.87. The summed E-state index contributed by atoms with van der Waals surface area (Å²) in [7, 11) is 1.76. The van der Waals surface area contributed by atoms with E-state index in [-0.39, 0.29) is 17.4 Å². The summed E-state index contributed by atoms with van der Waals surface area (Å²) in [6.07, 6.45) is 6.97. The van der Waals surface area contributed by atoms with Gasteiger partial charge in [0.15, 0.2) is 0 Å². The predicted octanol–water partition coefficient (Wildman–Crippen LogP) is 2.29. The van der Waals surface area contributed by atoms with Crippen LogP contribution in [-0.4, -0.2) is 26.8 Å². The van der Waals surface area contributed by atoms with Crippen LogP contribution in [0.25, 0.3) is 11.1 Å². The van der Waals surface area contributed by atoms with Gasteiger partial charge >= 0.3 is 0 Å². The third-order valence-electron chi connectivity index (χ3n) is 5.10. The quantitative estimate of drug-likeness (QED) is 0.774. The molecule has 0 spiro atoms. The van der Waals surface area contributed by atoms with Gasteiger partial charge in [-0.25, -0.2) is 0 Å². The van der Waals surface area contributed by atoms with Crippen LogP contribution in [0, 0.1) is 0 Å². The number of pyridine rings is 1. The molecule has 138 valence electrons. The Bertz CT molecular complexity index is 1010. The van der Waals surface area contributed by atoms with E-state index in [1.807, 2.05) is 41.5 Å². The Morgan fingerprint density at radius 1 is 1.19 bits per heavy atom. The summed E-state index contributed by atoms with van der Waals surface area (Å²) in [5, 5.41) is 7.41. The summed E-state index contributed by atoms with van der Waals surface area (Å²) in [6.45, 7) is 1.26. The van der Waals surface area contributed by atoms with Crippen molar-refractivity contribution < 1.29 is 4.79 Å². The highest BCUT2D eigenvalue weighted by atomic mass is 16.1. The number of carbonyl (C=O) groups is 1. The van der Waals surface area contributed by atoms with Crippen molar-refractivity contribution in [3.05, 3.63) is 76.5 Å². The van der Waals surface area contributed by atoms with E-state index in [0.717, 1.165) is 23.1 Å². The van der Waals surface area contributed by atoms with Gasteiger partial charge in [0.1, 0.15) is 0 Å². The van der Waals surface area contributed by atoms with Crippen LogP contribution in [0.1, 0.15) is 29.9 Å². The normalized spacial score (nSPS) is 16.9. The van der Waals surface area contributed by atoms with E-state index in [1.54, 1.807) is 17.7 Å². The zero-order chi connectivity index (χ0) is 18.8. The van der Waals surface area contributed by atoms with Crippen LogP contribution in [0.2, 0.25) is 0 Å². The molecule has 6 nitrogen and oxygen atoms in total. The molecule has 1 saturated heterocycles. The lowest BCUT2D eigenvalue weighted by molar-refractivity contribution is -0.122. The van der Waals surface area contributed by atoms with Gasteiger partial charge < -0.3 is 9.88 Å². The van der Waals surface area contributed by atoms with Crippen molar-refractivity contribution in [3.63, 3.8) is 0 Å². The van der Waals surface area contributed by atoms with Crippen LogP contribution >= 0.6 is 0 Å². The van der Waals surface area contributed by atoms with Crippen molar-refractivity contribution in [2.24, 2.45) is 7.05 Å². The maximum absolute atomic E-state index is 12.2. The lowest BCUT2D eigenvalue weighted by Crippen LogP contribution is -2.34. The van der Waals surface area contributed by atoms with Crippen molar-refractivity contribution in [2.45, 2.75) is 25.3 Å². The molecule has 6 heteroatoms. The van der Waals surface area contributed by atoms with Crippen molar-refractivity contribution in [1.29, 1.82) is 0 Å². The highest BCUT2D eigenvalue weighted by Gasteiger charge is 2.23. The van der Waals surface area contributed by atoms with Crippen molar-refractivity contribution in [2.75, 3.05) is 6.54 Å². The fourth-order valence-corrected chi connectivity index (χ4v) is 3.58. The zero-order valence-electron chi connectivity index (χ0n) is 15.3. The van der Waals surface area contributed by atoms with Gasteiger partial charge in [0.05, 0.1) is 12.7 Å². The fraction of sp³-hybridized carbons (Fsp3) is 0.286. The molecule has 3 heterocycles. The zero-order valence-corrected chi connectivity index (χ0v) is 15.3.